The van der Waals surface area contributed by atoms with Gasteiger partial charge in [0.25, 0.3) is 17.8 Å². The van der Waals surface area contributed by atoms with Gasteiger partial charge in [0.2, 0.25) is 11.6 Å². The van der Waals surface area contributed by atoms with E-state index in [1.54, 1.807) is 54.6 Å². The number of nitrogens with one attached hydrogen (secondary N) is 2. The van der Waals surface area contributed by atoms with E-state index in [1.165, 1.54) is 0 Å². The quantitative estimate of drug-likeness (QED) is 0.518. The van der Waals surface area contributed by atoms with Crippen LogP contribution in [0.2, 0.25) is 0 Å². The molecule has 5 nitrogen and oxygen atoms in total. The van der Waals surface area contributed by atoms with E-state index < -0.39 is 41.3 Å². The molecule has 3 aromatic rings. The Bertz CT molecular complexity index is 1110. The molecule has 0 bridgehead atoms. The second-order valence-corrected chi connectivity index (χ2v) is 6.12. The van der Waals surface area contributed by atoms with Gasteiger partial charge in [-0.1, -0.05) is 48.5 Å². The molecule has 146 valence electrons. The van der Waals surface area contributed by atoms with Crippen molar-refractivity contribution in [2.45, 2.75) is 6.17 Å². The van der Waals surface area contributed by atoms with Crippen molar-refractivity contribution < 1.29 is 22.4 Å². The molecule has 0 spiro atoms. The van der Waals surface area contributed by atoms with Gasteiger partial charge >= 0.3 is 0 Å². The third-order valence-electron chi connectivity index (χ3n) is 4.27. The fourth-order valence-electron chi connectivity index (χ4n) is 2.93. The zero-order chi connectivity index (χ0) is 20.5. The number of aliphatic imine (C=N–C) groups is 1. The number of hydrogen-bond donors (Lipinski definition) is 2. The van der Waals surface area contributed by atoms with Gasteiger partial charge in [0.15, 0.2) is 6.17 Å². The summed E-state index contributed by atoms with van der Waals surface area (Å²) in [7, 11) is 0. The molecule has 2 heterocycles. The fourth-order valence-corrected chi connectivity index (χ4v) is 2.93. The average Bonchev–Trinajstić information content (AvgIpc) is 2.86. The summed E-state index contributed by atoms with van der Waals surface area (Å²) in [6.45, 7) is 0. The number of aromatic nitrogens is 1. The van der Waals surface area contributed by atoms with Crippen molar-refractivity contribution in [3.63, 3.8) is 0 Å². The molecule has 9 heteroatoms. The third-order valence-corrected chi connectivity index (χ3v) is 4.27. The number of hydrogen-bond acceptors (Lipinski definition) is 4. The number of benzene rings is 2. The Morgan fingerprint density at radius 3 is 2.17 bits per heavy atom. The van der Waals surface area contributed by atoms with E-state index >= 15 is 0 Å². The van der Waals surface area contributed by atoms with Crippen LogP contribution < -0.4 is 10.6 Å². The van der Waals surface area contributed by atoms with Crippen LogP contribution in [0.3, 0.4) is 0 Å². The Kier molecular flexibility index (Phi) is 4.71. The molecule has 29 heavy (non-hydrogen) atoms. The lowest BCUT2D eigenvalue weighted by Gasteiger charge is -2.16. The minimum absolute atomic E-state index is 0.355. The van der Waals surface area contributed by atoms with E-state index in [0.29, 0.717) is 22.5 Å². The van der Waals surface area contributed by atoms with Gasteiger partial charge in [0.05, 0.1) is 11.4 Å². The Morgan fingerprint density at radius 1 is 0.862 bits per heavy atom. The van der Waals surface area contributed by atoms with Crippen LogP contribution in [-0.4, -0.2) is 22.8 Å². The van der Waals surface area contributed by atoms with E-state index in [-0.39, 0.29) is 0 Å². The van der Waals surface area contributed by atoms with E-state index in [4.69, 9.17) is 0 Å². The van der Waals surface area contributed by atoms with Gasteiger partial charge in [-0.3, -0.25) is 4.79 Å². The third kappa shape index (κ3) is 3.42. The van der Waals surface area contributed by atoms with Gasteiger partial charge in [-0.15, -0.1) is 0 Å². The van der Waals surface area contributed by atoms with Crippen molar-refractivity contribution in [3.05, 3.63) is 89.3 Å². The first-order valence-corrected chi connectivity index (χ1v) is 8.45. The van der Waals surface area contributed by atoms with Gasteiger partial charge in [0.1, 0.15) is 5.69 Å². The smallest absolute Gasteiger partial charge is 0.269 e. The highest BCUT2D eigenvalue weighted by Gasteiger charge is 2.29. The summed E-state index contributed by atoms with van der Waals surface area (Å²) in [5.74, 6) is -7.95. The van der Waals surface area contributed by atoms with Gasteiger partial charge in [0, 0.05) is 11.1 Å². The first kappa shape index (κ1) is 18.6. The van der Waals surface area contributed by atoms with E-state index in [2.05, 4.69) is 20.6 Å². The number of carbonyl (C=O) groups is 1. The van der Waals surface area contributed by atoms with Crippen LogP contribution in [0.25, 0.3) is 0 Å². The molecule has 0 saturated heterocycles. The van der Waals surface area contributed by atoms with Gasteiger partial charge in [-0.05, 0) is 6.07 Å². The van der Waals surface area contributed by atoms with Crippen LogP contribution in [0.4, 0.5) is 28.9 Å². The van der Waals surface area contributed by atoms with Crippen molar-refractivity contribution in [3.8, 4) is 0 Å². The van der Waals surface area contributed by atoms with E-state index in [9.17, 15) is 22.4 Å². The lowest BCUT2D eigenvalue weighted by atomic mass is 10.0. The van der Waals surface area contributed by atoms with Gasteiger partial charge in [-0.2, -0.15) is 22.5 Å². The largest absolute Gasteiger partial charge is 0.351 e. The number of rotatable bonds is 3. The molecule has 2 N–H and O–H groups in total. The summed E-state index contributed by atoms with van der Waals surface area (Å²) in [6.07, 6.45) is -1.57. The number of nitrogens with zero attached hydrogens (tertiary/aromatic N) is 2. The summed E-state index contributed by atoms with van der Waals surface area (Å²) >= 11 is 0. The molecule has 0 saturated carbocycles. The number of amides is 1. The summed E-state index contributed by atoms with van der Waals surface area (Å²) in [6, 6.07) is 15.6. The summed E-state index contributed by atoms with van der Waals surface area (Å²) < 4.78 is 54.9. The predicted molar refractivity (Wildman–Crippen MR) is 98.6 cm³/mol. The van der Waals surface area contributed by atoms with Crippen LogP contribution >= 0.6 is 0 Å². The number of carbonyl (C=O) groups excluding carboxylic acids is 1. The second kappa shape index (κ2) is 7.34. The zero-order valence-corrected chi connectivity index (χ0v) is 14.6. The van der Waals surface area contributed by atoms with Crippen LogP contribution in [0.1, 0.15) is 11.1 Å². The maximum absolute atomic E-state index is 14.0. The predicted octanol–water partition coefficient (Wildman–Crippen LogP) is 3.87. The highest BCUT2D eigenvalue weighted by Crippen LogP contribution is 2.27. The normalized spacial score (nSPS) is 15.8. The summed E-state index contributed by atoms with van der Waals surface area (Å²) in [4.78, 5) is 19.4. The Morgan fingerprint density at radius 2 is 1.48 bits per heavy atom. The molecule has 1 atom stereocenters. The highest BCUT2D eigenvalue weighted by molar-refractivity contribution is 6.19. The molecule has 1 amide bonds. The number of fused-ring (bicyclic) bond motifs is 1. The van der Waals surface area contributed by atoms with Crippen molar-refractivity contribution in [2.75, 3.05) is 10.6 Å². The van der Waals surface area contributed by atoms with Crippen LogP contribution in [0.15, 0.2) is 59.6 Å². The number of anilines is 2. The molecule has 1 unspecified atom stereocenters. The maximum Gasteiger partial charge on any atom is 0.269 e. The second-order valence-electron chi connectivity index (χ2n) is 6.12. The molecule has 1 aromatic heterocycles. The SMILES string of the molecule is O=C1Nc2ccccc2C(c2ccccc2)=NC1Nc1c(F)c(F)nc(F)c1F. The van der Waals surface area contributed by atoms with Gasteiger partial charge < -0.3 is 10.6 Å². The maximum atomic E-state index is 14.0. The number of para-hydroxylation sites is 1. The number of halogens is 4. The van der Waals surface area contributed by atoms with Crippen molar-refractivity contribution >= 4 is 23.0 Å². The first-order valence-electron chi connectivity index (χ1n) is 8.45. The molecule has 1 aliphatic heterocycles. The van der Waals surface area contributed by atoms with Crippen molar-refractivity contribution in [1.29, 1.82) is 0 Å². The fraction of sp³-hybridized carbons (Fsp3) is 0.0500. The van der Waals surface area contributed by atoms with Crippen molar-refractivity contribution in [2.24, 2.45) is 4.99 Å². The monoisotopic (exact) mass is 400 g/mol. The molecular weight excluding hydrogens is 388 g/mol. The van der Waals surface area contributed by atoms with E-state index in [0.717, 1.165) is 0 Å². The zero-order valence-electron chi connectivity index (χ0n) is 14.6. The van der Waals surface area contributed by atoms with E-state index in [1.807, 2.05) is 0 Å². The Balaban J connectivity index is 1.84. The summed E-state index contributed by atoms with van der Waals surface area (Å²) in [5.41, 5.74) is 0.822. The minimum Gasteiger partial charge on any atom is -0.351 e. The van der Waals surface area contributed by atoms with Crippen LogP contribution in [0, 0.1) is 23.5 Å². The van der Waals surface area contributed by atoms with Gasteiger partial charge in [-0.25, -0.2) is 4.99 Å². The molecular formula is C20H12F4N4O. The molecule has 4 rings (SSSR count). The Labute approximate surface area is 162 Å². The topological polar surface area (TPSA) is 66.4 Å². The standard InChI is InChI=1S/C20H12F4N4O/c21-13-16(14(22)18(24)28-17(13)23)27-19-20(29)25-12-9-5-4-8-11(12)15(26-19)10-6-2-1-3-7-10/h1-9,19H,(H,25,29)(H,27,28). The number of pyridine rings is 1. The average molecular weight is 400 g/mol. The minimum atomic E-state index is -1.84. The number of benzodiazepines with no additional fused rings is 1. The molecule has 0 radical (unpaired) electrons. The highest BCUT2D eigenvalue weighted by atomic mass is 19.2. The lowest BCUT2D eigenvalue weighted by molar-refractivity contribution is -0.116. The molecule has 2 aromatic carbocycles. The van der Waals surface area contributed by atoms with Crippen LogP contribution in [-0.2, 0) is 4.79 Å². The van der Waals surface area contributed by atoms with Crippen molar-refractivity contribution in [1.82, 2.24) is 4.98 Å². The van der Waals surface area contributed by atoms with Crippen LogP contribution in [0.5, 0.6) is 0 Å². The lowest BCUT2D eigenvalue weighted by Crippen LogP contribution is -2.33. The molecule has 1 aliphatic rings. The Hall–Kier alpha value is -3.75. The summed E-state index contributed by atoms with van der Waals surface area (Å²) in [5, 5.41) is 4.75. The molecule has 0 fully saturated rings. The first-order chi connectivity index (χ1) is 14.0. The molecule has 0 aliphatic carbocycles.